The van der Waals surface area contributed by atoms with E-state index in [1.165, 1.54) is 12.5 Å². The van der Waals surface area contributed by atoms with E-state index in [9.17, 15) is 9.59 Å². The molecule has 1 saturated heterocycles. The van der Waals surface area contributed by atoms with Crippen LogP contribution in [0.5, 0.6) is 11.5 Å². The van der Waals surface area contributed by atoms with E-state index in [4.69, 9.17) is 18.6 Å². The molecular formula is C22H26N2O6. The number of rotatable bonds is 6. The van der Waals surface area contributed by atoms with Crippen LogP contribution < -0.4 is 9.47 Å². The fourth-order valence-corrected chi connectivity index (χ4v) is 3.72. The molecule has 1 aromatic heterocycles. The van der Waals surface area contributed by atoms with Crippen molar-refractivity contribution in [2.24, 2.45) is 5.92 Å². The first kappa shape index (κ1) is 20.3. The number of carbonyl (C=O) groups excluding carboxylic acids is 2. The van der Waals surface area contributed by atoms with Gasteiger partial charge in [0, 0.05) is 31.7 Å². The van der Waals surface area contributed by atoms with Gasteiger partial charge in [-0.3, -0.25) is 9.59 Å². The molecule has 2 aliphatic rings. The Morgan fingerprint density at radius 1 is 1.17 bits per heavy atom. The van der Waals surface area contributed by atoms with Gasteiger partial charge in [-0.05, 0) is 30.2 Å². The highest BCUT2D eigenvalue weighted by atomic mass is 16.7. The van der Waals surface area contributed by atoms with Gasteiger partial charge in [0.05, 0.1) is 24.5 Å². The second kappa shape index (κ2) is 8.79. The van der Waals surface area contributed by atoms with Crippen LogP contribution in [0.1, 0.15) is 34.6 Å². The van der Waals surface area contributed by atoms with Crippen LogP contribution in [0.4, 0.5) is 0 Å². The van der Waals surface area contributed by atoms with Crippen molar-refractivity contribution in [3.05, 3.63) is 47.9 Å². The smallest absolute Gasteiger partial charge is 0.257 e. The Kier molecular flexibility index (Phi) is 5.94. The molecule has 1 fully saturated rings. The summed E-state index contributed by atoms with van der Waals surface area (Å²) >= 11 is 0. The van der Waals surface area contributed by atoms with Crippen molar-refractivity contribution < 1.29 is 28.2 Å². The van der Waals surface area contributed by atoms with Crippen molar-refractivity contribution in [1.29, 1.82) is 0 Å². The van der Waals surface area contributed by atoms with E-state index < -0.39 is 0 Å². The van der Waals surface area contributed by atoms with Crippen molar-refractivity contribution in [2.75, 3.05) is 39.6 Å². The molecule has 3 heterocycles. The number of furan rings is 1. The molecule has 8 heteroatoms. The Morgan fingerprint density at radius 3 is 2.77 bits per heavy atom. The molecule has 8 nitrogen and oxygen atoms in total. The lowest BCUT2D eigenvalue weighted by Crippen LogP contribution is -2.51. The van der Waals surface area contributed by atoms with Crippen LogP contribution in [0, 0.1) is 5.92 Å². The molecule has 4 rings (SSSR count). The van der Waals surface area contributed by atoms with Gasteiger partial charge in [-0.1, -0.05) is 13.8 Å². The molecule has 0 radical (unpaired) electrons. The fraction of sp³-hybridized carbons (Fsp3) is 0.455. The highest BCUT2D eigenvalue weighted by Crippen LogP contribution is 2.33. The van der Waals surface area contributed by atoms with Crippen molar-refractivity contribution in [2.45, 2.75) is 20.0 Å². The van der Waals surface area contributed by atoms with Gasteiger partial charge in [0.15, 0.2) is 11.5 Å². The molecule has 2 aliphatic heterocycles. The zero-order chi connectivity index (χ0) is 21.1. The summed E-state index contributed by atoms with van der Waals surface area (Å²) in [6.07, 6.45) is 2.67. The number of carbonyl (C=O) groups is 2. The molecule has 0 saturated carbocycles. The Morgan fingerprint density at radius 2 is 2.00 bits per heavy atom. The third-order valence-electron chi connectivity index (χ3n) is 5.11. The Bertz CT molecular complexity index is 895. The summed E-state index contributed by atoms with van der Waals surface area (Å²) < 4.78 is 21.7. The number of fused-ring (bicyclic) bond motifs is 1. The molecule has 0 unspecified atom stereocenters. The van der Waals surface area contributed by atoms with E-state index >= 15 is 0 Å². The van der Waals surface area contributed by atoms with E-state index in [0.717, 1.165) is 0 Å². The fourth-order valence-electron chi connectivity index (χ4n) is 3.72. The number of benzene rings is 1. The topological polar surface area (TPSA) is 81.5 Å². The minimum absolute atomic E-state index is 0.0884. The Hall–Kier alpha value is -3.00. The third-order valence-corrected chi connectivity index (χ3v) is 5.11. The summed E-state index contributed by atoms with van der Waals surface area (Å²) in [6, 6.07) is 6.88. The molecule has 160 valence electrons. The van der Waals surface area contributed by atoms with Crippen LogP contribution in [0.3, 0.4) is 0 Å². The molecule has 1 atom stereocenters. The van der Waals surface area contributed by atoms with Gasteiger partial charge in [-0.2, -0.15) is 0 Å². The molecule has 2 amide bonds. The predicted molar refractivity (Wildman–Crippen MR) is 108 cm³/mol. The molecule has 2 aromatic rings. The molecule has 0 bridgehead atoms. The van der Waals surface area contributed by atoms with Crippen LogP contribution in [-0.2, 0) is 4.74 Å². The first-order valence-electron chi connectivity index (χ1n) is 10.1. The number of morpholine rings is 1. The number of amides is 2. The van der Waals surface area contributed by atoms with Gasteiger partial charge in [0.1, 0.15) is 6.26 Å². The number of nitrogens with zero attached hydrogens (tertiary/aromatic N) is 2. The minimum Gasteiger partial charge on any atom is -0.472 e. The van der Waals surface area contributed by atoms with Crippen molar-refractivity contribution >= 4 is 11.8 Å². The average Bonchev–Trinajstić information content (AvgIpc) is 3.43. The number of hydrogen-bond acceptors (Lipinski definition) is 6. The van der Waals surface area contributed by atoms with E-state index in [2.05, 4.69) is 13.8 Å². The van der Waals surface area contributed by atoms with Gasteiger partial charge in [0.25, 0.3) is 11.8 Å². The highest BCUT2D eigenvalue weighted by Gasteiger charge is 2.29. The third kappa shape index (κ3) is 4.43. The molecule has 0 aliphatic carbocycles. The molecule has 1 aromatic carbocycles. The van der Waals surface area contributed by atoms with E-state index in [1.807, 2.05) is 0 Å². The van der Waals surface area contributed by atoms with Crippen molar-refractivity contribution in [1.82, 2.24) is 9.80 Å². The first-order valence-corrected chi connectivity index (χ1v) is 10.1. The Labute approximate surface area is 175 Å². The maximum Gasteiger partial charge on any atom is 0.257 e. The van der Waals surface area contributed by atoms with Crippen LogP contribution in [-0.4, -0.2) is 67.3 Å². The minimum atomic E-state index is -0.258. The highest BCUT2D eigenvalue weighted by molar-refractivity contribution is 5.95. The lowest BCUT2D eigenvalue weighted by molar-refractivity contribution is -0.0340. The lowest BCUT2D eigenvalue weighted by atomic mass is 10.1. The van der Waals surface area contributed by atoms with Crippen LogP contribution in [0.15, 0.2) is 41.2 Å². The van der Waals surface area contributed by atoms with Crippen molar-refractivity contribution in [3.63, 3.8) is 0 Å². The second-order valence-electron chi connectivity index (χ2n) is 7.93. The summed E-state index contributed by atoms with van der Waals surface area (Å²) in [5.74, 6) is 1.33. The summed E-state index contributed by atoms with van der Waals surface area (Å²) in [5, 5.41) is 0. The standard InChI is InChI=1S/C22H26N2O6/c1-15(2)10-24(21(25)16-3-4-19-20(9-16)30-14-29-19)12-18-11-23(6-8-28-18)22(26)17-5-7-27-13-17/h3-5,7,9,13,15,18H,6,8,10-12,14H2,1-2H3/t18-/m1/s1. The Balaban J connectivity index is 1.46. The van der Waals surface area contributed by atoms with E-state index in [0.29, 0.717) is 55.4 Å². The van der Waals surface area contributed by atoms with Gasteiger partial charge < -0.3 is 28.4 Å². The number of ether oxygens (including phenoxy) is 3. The lowest BCUT2D eigenvalue weighted by Gasteiger charge is -2.36. The normalized spacial score (nSPS) is 18.0. The molecule has 0 spiro atoms. The van der Waals surface area contributed by atoms with E-state index in [1.54, 1.807) is 34.1 Å². The van der Waals surface area contributed by atoms with Crippen LogP contribution in [0.25, 0.3) is 0 Å². The molecular weight excluding hydrogens is 388 g/mol. The average molecular weight is 414 g/mol. The summed E-state index contributed by atoms with van der Waals surface area (Å²) in [5.41, 5.74) is 1.06. The molecule has 0 N–H and O–H groups in total. The van der Waals surface area contributed by atoms with Gasteiger partial charge >= 0.3 is 0 Å². The largest absolute Gasteiger partial charge is 0.472 e. The summed E-state index contributed by atoms with van der Waals surface area (Å²) in [6.45, 7) is 6.66. The van der Waals surface area contributed by atoms with Gasteiger partial charge in [-0.25, -0.2) is 0 Å². The van der Waals surface area contributed by atoms with Crippen LogP contribution >= 0.6 is 0 Å². The summed E-state index contributed by atoms with van der Waals surface area (Å²) in [7, 11) is 0. The maximum absolute atomic E-state index is 13.2. The summed E-state index contributed by atoms with van der Waals surface area (Å²) in [4.78, 5) is 29.4. The zero-order valence-corrected chi connectivity index (χ0v) is 17.2. The quantitative estimate of drug-likeness (QED) is 0.723. The van der Waals surface area contributed by atoms with E-state index in [-0.39, 0.29) is 30.6 Å². The predicted octanol–water partition coefficient (Wildman–Crippen LogP) is 2.65. The SMILES string of the molecule is CC(C)CN(C[C@H]1CN(C(=O)c2ccoc2)CCO1)C(=O)c1ccc2c(c1)OCO2. The van der Waals surface area contributed by atoms with Crippen molar-refractivity contribution in [3.8, 4) is 11.5 Å². The maximum atomic E-state index is 13.2. The molecule has 30 heavy (non-hydrogen) atoms. The first-order chi connectivity index (χ1) is 14.5. The second-order valence-corrected chi connectivity index (χ2v) is 7.93. The van der Waals surface area contributed by atoms with Crippen LogP contribution in [0.2, 0.25) is 0 Å². The van der Waals surface area contributed by atoms with Gasteiger partial charge in [-0.15, -0.1) is 0 Å². The number of hydrogen-bond donors (Lipinski definition) is 0. The van der Waals surface area contributed by atoms with Gasteiger partial charge in [0.2, 0.25) is 6.79 Å². The monoisotopic (exact) mass is 414 g/mol. The zero-order valence-electron chi connectivity index (χ0n) is 17.2.